The minimum absolute atomic E-state index is 0.207. The number of amides is 2. The summed E-state index contributed by atoms with van der Waals surface area (Å²) in [4.78, 5) is 56.5. The first-order valence-corrected chi connectivity index (χ1v) is 11.7. The molecule has 0 aromatic heterocycles. The maximum Gasteiger partial charge on any atom is 0.241 e. The predicted molar refractivity (Wildman–Crippen MR) is 129 cm³/mol. The van der Waals surface area contributed by atoms with Crippen LogP contribution in [0.15, 0.2) is 66.7 Å². The van der Waals surface area contributed by atoms with Crippen LogP contribution in [0.1, 0.15) is 43.5 Å². The van der Waals surface area contributed by atoms with Gasteiger partial charge in [-0.2, -0.15) is 0 Å². The minimum Gasteiger partial charge on any atom is -0.349 e. The van der Waals surface area contributed by atoms with Crippen LogP contribution < -0.4 is 4.90 Å². The average molecular weight is 486 g/mol. The van der Waals surface area contributed by atoms with Gasteiger partial charge in [-0.25, -0.2) is 4.90 Å². The maximum atomic E-state index is 14.0. The van der Waals surface area contributed by atoms with E-state index in [1.165, 1.54) is 0 Å². The van der Waals surface area contributed by atoms with Crippen molar-refractivity contribution in [2.75, 3.05) is 4.90 Å². The van der Waals surface area contributed by atoms with Gasteiger partial charge in [0.05, 0.1) is 23.6 Å². The summed E-state index contributed by atoms with van der Waals surface area (Å²) in [5.74, 6) is -4.55. The first-order valence-electron chi connectivity index (χ1n) is 11.3. The van der Waals surface area contributed by atoms with E-state index in [-0.39, 0.29) is 11.1 Å². The van der Waals surface area contributed by atoms with Crippen molar-refractivity contribution in [3.63, 3.8) is 0 Å². The Hall–Kier alpha value is -3.61. The molecule has 3 aromatic carbocycles. The average Bonchev–Trinajstić information content (AvgIpc) is 3.40. The molecule has 3 aromatic rings. The number of ether oxygens (including phenoxy) is 1. The minimum atomic E-state index is -2.08. The van der Waals surface area contributed by atoms with E-state index in [1.807, 2.05) is 26.0 Å². The SMILES string of the molecule is Cc1ccc(N2C(=O)[C@@H]3[C@@H](c4ccc(Cl)cc4)OC4(C(=O)c5ccccc5C4=O)[C@H]3C2=O)c(C)c1. The molecular formula is C28H20ClNO5. The van der Waals surface area contributed by atoms with Crippen molar-refractivity contribution in [1.29, 1.82) is 0 Å². The molecule has 3 atom stereocenters. The van der Waals surface area contributed by atoms with Crippen molar-refractivity contribution >= 4 is 40.7 Å². The molecule has 35 heavy (non-hydrogen) atoms. The van der Waals surface area contributed by atoms with Gasteiger partial charge in [0, 0.05) is 16.1 Å². The van der Waals surface area contributed by atoms with Crippen molar-refractivity contribution < 1.29 is 23.9 Å². The topological polar surface area (TPSA) is 80.8 Å². The van der Waals surface area contributed by atoms with E-state index in [9.17, 15) is 19.2 Å². The zero-order valence-electron chi connectivity index (χ0n) is 18.9. The van der Waals surface area contributed by atoms with E-state index in [4.69, 9.17) is 16.3 Å². The van der Waals surface area contributed by atoms with Gasteiger partial charge in [0.25, 0.3) is 0 Å². The highest BCUT2D eigenvalue weighted by atomic mass is 35.5. The number of carbonyl (C=O) groups is 4. The third-order valence-corrected chi connectivity index (χ3v) is 7.56. The Morgan fingerprint density at radius 1 is 0.829 bits per heavy atom. The molecule has 174 valence electrons. The fourth-order valence-corrected chi connectivity index (χ4v) is 5.89. The Balaban J connectivity index is 1.55. The summed E-state index contributed by atoms with van der Waals surface area (Å²) in [6.07, 6.45) is -0.966. The zero-order valence-corrected chi connectivity index (χ0v) is 19.7. The first kappa shape index (κ1) is 21.9. The summed E-state index contributed by atoms with van der Waals surface area (Å²) in [5.41, 5.74) is 1.08. The standard InChI is InChI=1S/C28H20ClNO5/c1-14-7-12-20(15(2)13-14)30-26(33)21-22(27(30)34)28(35-23(21)16-8-10-17(29)11-9-16)24(31)18-5-3-4-6-19(18)25(28)32/h3-13,21-23H,1-2H3/t21-,22+,23+/m0/s1. The molecule has 2 fully saturated rings. The summed E-state index contributed by atoms with van der Waals surface area (Å²) < 4.78 is 6.27. The van der Waals surface area contributed by atoms with Crippen LogP contribution in [-0.2, 0) is 14.3 Å². The van der Waals surface area contributed by atoms with Crippen LogP contribution in [0.5, 0.6) is 0 Å². The number of aryl methyl sites for hydroxylation is 2. The molecule has 6 rings (SSSR count). The van der Waals surface area contributed by atoms with Crippen LogP contribution in [0, 0.1) is 25.7 Å². The Labute approximate surface area is 206 Å². The first-order chi connectivity index (χ1) is 16.8. The Bertz CT molecular complexity index is 1430. The molecule has 0 bridgehead atoms. The van der Waals surface area contributed by atoms with E-state index in [1.54, 1.807) is 54.6 Å². The maximum absolute atomic E-state index is 14.0. The third kappa shape index (κ3) is 2.81. The van der Waals surface area contributed by atoms with Crippen molar-refractivity contribution in [2.24, 2.45) is 11.8 Å². The molecule has 2 amide bonds. The Morgan fingerprint density at radius 3 is 2.06 bits per heavy atom. The predicted octanol–water partition coefficient (Wildman–Crippen LogP) is 4.65. The summed E-state index contributed by atoms with van der Waals surface area (Å²) in [7, 11) is 0. The van der Waals surface area contributed by atoms with Gasteiger partial charge in [-0.1, -0.05) is 65.7 Å². The molecule has 2 aliphatic heterocycles. The van der Waals surface area contributed by atoms with E-state index in [0.29, 0.717) is 16.3 Å². The van der Waals surface area contributed by atoms with Crippen LogP contribution in [0.2, 0.25) is 5.02 Å². The van der Waals surface area contributed by atoms with E-state index < -0.39 is 46.9 Å². The van der Waals surface area contributed by atoms with Crippen molar-refractivity contribution in [1.82, 2.24) is 0 Å². The molecular weight excluding hydrogens is 466 g/mol. The smallest absolute Gasteiger partial charge is 0.241 e. The molecule has 1 spiro atoms. The van der Waals surface area contributed by atoms with Gasteiger partial charge in [-0.15, -0.1) is 0 Å². The van der Waals surface area contributed by atoms with E-state index >= 15 is 0 Å². The van der Waals surface area contributed by atoms with Crippen LogP contribution >= 0.6 is 11.6 Å². The molecule has 7 heteroatoms. The number of fused-ring (bicyclic) bond motifs is 3. The van der Waals surface area contributed by atoms with Crippen molar-refractivity contribution in [2.45, 2.75) is 25.6 Å². The number of nitrogens with zero attached hydrogens (tertiary/aromatic N) is 1. The zero-order chi connectivity index (χ0) is 24.6. The quantitative estimate of drug-likeness (QED) is 0.390. The lowest BCUT2D eigenvalue weighted by Crippen LogP contribution is -2.51. The number of imide groups is 1. The van der Waals surface area contributed by atoms with Gasteiger partial charge < -0.3 is 4.74 Å². The lowest BCUT2D eigenvalue weighted by atomic mass is 9.77. The van der Waals surface area contributed by atoms with Gasteiger partial charge in [0.15, 0.2) is 0 Å². The third-order valence-electron chi connectivity index (χ3n) is 7.31. The molecule has 3 aliphatic rings. The van der Waals surface area contributed by atoms with Gasteiger partial charge in [0.2, 0.25) is 29.0 Å². The van der Waals surface area contributed by atoms with Gasteiger partial charge >= 0.3 is 0 Å². The number of carbonyl (C=O) groups excluding carboxylic acids is 4. The molecule has 1 aliphatic carbocycles. The lowest BCUT2D eigenvalue weighted by molar-refractivity contribution is -0.127. The highest BCUT2D eigenvalue weighted by Gasteiger charge is 2.74. The Kier molecular flexibility index (Phi) is 4.66. The number of ketones is 2. The molecule has 0 radical (unpaired) electrons. The summed E-state index contributed by atoms with van der Waals surface area (Å²) in [6.45, 7) is 3.74. The summed E-state index contributed by atoms with van der Waals surface area (Å²) in [6, 6.07) is 18.5. The molecule has 0 unspecified atom stereocenters. The van der Waals surface area contributed by atoms with Crippen LogP contribution in [-0.4, -0.2) is 29.0 Å². The van der Waals surface area contributed by atoms with Crippen LogP contribution in [0.4, 0.5) is 5.69 Å². The van der Waals surface area contributed by atoms with Crippen molar-refractivity contribution in [3.8, 4) is 0 Å². The fraction of sp³-hybridized carbons (Fsp3) is 0.214. The molecule has 0 saturated carbocycles. The monoisotopic (exact) mass is 485 g/mol. The molecule has 6 nitrogen and oxygen atoms in total. The summed E-state index contributed by atoms with van der Waals surface area (Å²) in [5, 5.41) is 0.490. The van der Waals surface area contributed by atoms with Gasteiger partial charge in [0.1, 0.15) is 0 Å². The van der Waals surface area contributed by atoms with Gasteiger partial charge in [-0.05, 0) is 43.2 Å². The number of benzene rings is 3. The second-order valence-corrected chi connectivity index (χ2v) is 9.77. The van der Waals surface area contributed by atoms with E-state index in [2.05, 4.69) is 0 Å². The van der Waals surface area contributed by atoms with Gasteiger partial charge in [-0.3, -0.25) is 19.2 Å². The van der Waals surface area contributed by atoms with Crippen LogP contribution in [0.3, 0.4) is 0 Å². The Morgan fingerprint density at radius 2 is 1.46 bits per heavy atom. The molecule has 2 heterocycles. The van der Waals surface area contributed by atoms with Crippen molar-refractivity contribution in [3.05, 3.63) is 99.6 Å². The largest absolute Gasteiger partial charge is 0.349 e. The summed E-state index contributed by atoms with van der Waals surface area (Å²) >= 11 is 6.06. The number of halogens is 1. The lowest BCUT2D eigenvalue weighted by Gasteiger charge is -2.27. The number of hydrogen-bond donors (Lipinski definition) is 0. The number of rotatable bonds is 2. The molecule has 0 N–H and O–H groups in total. The fourth-order valence-electron chi connectivity index (χ4n) is 5.76. The second kappa shape index (κ2) is 7.44. The van der Waals surface area contributed by atoms with Crippen LogP contribution in [0.25, 0.3) is 0 Å². The molecule has 2 saturated heterocycles. The highest BCUT2D eigenvalue weighted by Crippen LogP contribution is 2.57. The second-order valence-electron chi connectivity index (χ2n) is 9.33. The number of Topliss-reactive ketones (excluding diaryl/α,β-unsaturated/α-hetero) is 2. The number of anilines is 1. The normalized spacial score (nSPS) is 24.4. The number of hydrogen-bond acceptors (Lipinski definition) is 5. The highest BCUT2D eigenvalue weighted by molar-refractivity contribution is 6.37. The van der Waals surface area contributed by atoms with E-state index in [0.717, 1.165) is 16.0 Å².